The smallest absolute Gasteiger partial charge is 0.321 e. The van der Waals surface area contributed by atoms with Crippen LogP contribution < -0.4 is 5.32 Å². The second-order valence-corrected chi connectivity index (χ2v) is 4.72. The van der Waals surface area contributed by atoms with Gasteiger partial charge >= 0.3 is 6.01 Å². The van der Waals surface area contributed by atoms with Crippen LogP contribution in [0.4, 0.5) is 6.01 Å². The molecule has 1 aliphatic heterocycles. The molecule has 1 unspecified atom stereocenters. The molecule has 1 N–H and O–H groups in total. The Hall–Kier alpha value is -1.10. The third kappa shape index (κ3) is 3.20. The molecule has 1 fully saturated rings. The van der Waals surface area contributed by atoms with E-state index in [-0.39, 0.29) is 0 Å². The molecule has 0 amide bonds. The Balaban J connectivity index is 1.81. The maximum absolute atomic E-state index is 5.31. The molecule has 0 radical (unpaired) electrons. The topological polar surface area (TPSA) is 60.2 Å². The van der Waals surface area contributed by atoms with Crippen LogP contribution in [0.15, 0.2) is 4.52 Å². The van der Waals surface area contributed by atoms with Gasteiger partial charge in [0.25, 0.3) is 0 Å². The van der Waals surface area contributed by atoms with E-state index in [1.165, 1.54) is 0 Å². The first kappa shape index (κ1) is 11.4. The number of hydrogen-bond donors (Lipinski definition) is 1. The van der Waals surface area contributed by atoms with Gasteiger partial charge in [0, 0.05) is 26.2 Å². The molecule has 5 heteroatoms. The summed E-state index contributed by atoms with van der Waals surface area (Å²) in [7, 11) is 0. The van der Waals surface area contributed by atoms with E-state index >= 15 is 0 Å². The van der Waals surface area contributed by atoms with E-state index < -0.39 is 0 Å². The summed E-state index contributed by atoms with van der Waals surface area (Å²) in [5.74, 6) is 1.90. The molecule has 2 heterocycles. The molecule has 0 bridgehead atoms. The van der Waals surface area contributed by atoms with Crippen LogP contribution in [0.3, 0.4) is 0 Å². The number of aromatic nitrogens is 2. The molecule has 1 aromatic heterocycles. The third-order valence-corrected chi connectivity index (χ3v) is 2.62. The van der Waals surface area contributed by atoms with Crippen LogP contribution in [0.25, 0.3) is 0 Å². The van der Waals surface area contributed by atoms with Crippen molar-refractivity contribution in [2.45, 2.75) is 26.7 Å². The quantitative estimate of drug-likeness (QED) is 0.826. The molecule has 1 aromatic rings. The first-order chi connectivity index (χ1) is 7.74. The van der Waals surface area contributed by atoms with Crippen molar-refractivity contribution in [3.05, 3.63) is 5.82 Å². The molecule has 1 saturated heterocycles. The minimum Gasteiger partial charge on any atom is -0.381 e. The van der Waals surface area contributed by atoms with Gasteiger partial charge in [0.1, 0.15) is 0 Å². The Labute approximate surface area is 95.6 Å². The van der Waals surface area contributed by atoms with Gasteiger partial charge in [-0.25, -0.2) is 0 Å². The van der Waals surface area contributed by atoms with Gasteiger partial charge in [-0.05, 0) is 18.3 Å². The second kappa shape index (κ2) is 5.30. The van der Waals surface area contributed by atoms with E-state index in [0.717, 1.165) is 38.4 Å². The van der Waals surface area contributed by atoms with Crippen molar-refractivity contribution < 1.29 is 9.26 Å². The van der Waals surface area contributed by atoms with Crippen LogP contribution >= 0.6 is 0 Å². The first-order valence-corrected chi connectivity index (χ1v) is 5.88. The lowest BCUT2D eigenvalue weighted by Crippen LogP contribution is -2.08. The first-order valence-electron chi connectivity index (χ1n) is 5.88. The van der Waals surface area contributed by atoms with Crippen molar-refractivity contribution >= 4 is 6.01 Å². The normalized spacial score (nSPS) is 20.6. The molecule has 1 aliphatic rings. The summed E-state index contributed by atoms with van der Waals surface area (Å²) in [6.07, 6.45) is 1.95. The highest BCUT2D eigenvalue weighted by molar-refractivity contribution is 5.18. The number of nitrogens with zero attached hydrogens (tertiary/aromatic N) is 2. The van der Waals surface area contributed by atoms with E-state index in [1.807, 2.05) is 0 Å². The molecule has 5 nitrogen and oxygen atoms in total. The van der Waals surface area contributed by atoms with Gasteiger partial charge in [0.2, 0.25) is 0 Å². The fourth-order valence-corrected chi connectivity index (χ4v) is 1.70. The van der Waals surface area contributed by atoms with Crippen LogP contribution in [-0.4, -0.2) is 29.9 Å². The number of nitrogens with one attached hydrogen (secondary N) is 1. The summed E-state index contributed by atoms with van der Waals surface area (Å²) >= 11 is 0. The van der Waals surface area contributed by atoms with Crippen molar-refractivity contribution in [3.8, 4) is 0 Å². The van der Waals surface area contributed by atoms with Crippen LogP contribution in [0.1, 0.15) is 26.1 Å². The molecule has 16 heavy (non-hydrogen) atoms. The zero-order valence-corrected chi connectivity index (χ0v) is 9.90. The molecule has 0 saturated carbocycles. The number of hydrogen-bond acceptors (Lipinski definition) is 5. The monoisotopic (exact) mass is 225 g/mol. The molecule has 2 rings (SSSR count). The van der Waals surface area contributed by atoms with Gasteiger partial charge in [-0.1, -0.05) is 19.0 Å². The number of anilines is 1. The van der Waals surface area contributed by atoms with Gasteiger partial charge in [-0.2, -0.15) is 4.98 Å². The summed E-state index contributed by atoms with van der Waals surface area (Å²) in [6.45, 7) is 6.82. The van der Waals surface area contributed by atoms with Crippen molar-refractivity contribution in [2.75, 3.05) is 25.1 Å². The molecule has 0 spiro atoms. The molecule has 0 aliphatic carbocycles. The SMILES string of the molecule is CC(C)CNc1nc(CC2CCOC2)no1. The zero-order valence-electron chi connectivity index (χ0n) is 9.90. The lowest BCUT2D eigenvalue weighted by atomic mass is 10.1. The molecule has 90 valence electrons. The largest absolute Gasteiger partial charge is 0.381 e. The van der Waals surface area contributed by atoms with Gasteiger partial charge < -0.3 is 14.6 Å². The van der Waals surface area contributed by atoms with Crippen molar-refractivity contribution in [1.82, 2.24) is 10.1 Å². The highest BCUT2D eigenvalue weighted by Gasteiger charge is 2.18. The van der Waals surface area contributed by atoms with Gasteiger partial charge in [-0.15, -0.1) is 0 Å². The van der Waals surface area contributed by atoms with E-state index in [1.54, 1.807) is 0 Å². The Morgan fingerprint density at radius 3 is 3.06 bits per heavy atom. The average Bonchev–Trinajstić information content (AvgIpc) is 2.87. The lowest BCUT2D eigenvalue weighted by Gasteiger charge is -2.03. The maximum Gasteiger partial charge on any atom is 0.321 e. The fourth-order valence-electron chi connectivity index (χ4n) is 1.70. The predicted octanol–water partition coefficient (Wildman–Crippen LogP) is 1.72. The number of ether oxygens (including phenoxy) is 1. The minimum atomic E-state index is 0.530. The molecule has 0 aromatic carbocycles. The standard InChI is InChI=1S/C11H19N3O2/c1-8(2)6-12-11-13-10(14-16-11)5-9-3-4-15-7-9/h8-9H,3-7H2,1-2H3,(H,12,13,14). The molecular weight excluding hydrogens is 206 g/mol. The Bertz CT molecular complexity index is 319. The van der Waals surface area contributed by atoms with Crippen LogP contribution in [0.5, 0.6) is 0 Å². The van der Waals surface area contributed by atoms with Crippen molar-refractivity contribution in [2.24, 2.45) is 11.8 Å². The molecule has 1 atom stereocenters. The average molecular weight is 225 g/mol. The van der Waals surface area contributed by atoms with Gasteiger partial charge in [0.05, 0.1) is 0 Å². The highest BCUT2D eigenvalue weighted by atomic mass is 16.5. The summed E-state index contributed by atoms with van der Waals surface area (Å²) in [5.41, 5.74) is 0. The van der Waals surface area contributed by atoms with Crippen LogP contribution in [-0.2, 0) is 11.2 Å². The maximum atomic E-state index is 5.31. The number of rotatable bonds is 5. The summed E-state index contributed by atoms with van der Waals surface area (Å²) in [5, 5.41) is 7.07. The fraction of sp³-hybridized carbons (Fsp3) is 0.818. The second-order valence-electron chi connectivity index (χ2n) is 4.72. The van der Waals surface area contributed by atoms with Gasteiger partial charge in [0.15, 0.2) is 5.82 Å². The van der Waals surface area contributed by atoms with Crippen LogP contribution in [0.2, 0.25) is 0 Å². The predicted molar refractivity (Wildman–Crippen MR) is 60.3 cm³/mol. The van der Waals surface area contributed by atoms with E-state index in [0.29, 0.717) is 17.9 Å². The van der Waals surface area contributed by atoms with Crippen molar-refractivity contribution in [3.63, 3.8) is 0 Å². The van der Waals surface area contributed by atoms with Gasteiger partial charge in [-0.3, -0.25) is 0 Å². The highest BCUT2D eigenvalue weighted by Crippen LogP contribution is 2.17. The summed E-state index contributed by atoms with van der Waals surface area (Å²) in [4.78, 5) is 4.30. The Kier molecular flexibility index (Phi) is 3.77. The van der Waals surface area contributed by atoms with Crippen LogP contribution in [0, 0.1) is 11.8 Å². The molecular formula is C11H19N3O2. The van der Waals surface area contributed by atoms with Crippen molar-refractivity contribution in [1.29, 1.82) is 0 Å². The summed E-state index contributed by atoms with van der Waals surface area (Å²) in [6, 6.07) is 0.530. The third-order valence-electron chi connectivity index (χ3n) is 2.62. The summed E-state index contributed by atoms with van der Waals surface area (Å²) < 4.78 is 10.4. The Morgan fingerprint density at radius 1 is 1.50 bits per heavy atom. The van der Waals surface area contributed by atoms with E-state index in [9.17, 15) is 0 Å². The zero-order chi connectivity index (χ0) is 11.4. The Morgan fingerprint density at radius 2 is 2.38 bits per heavy atom. The minimum absolute atomic E-state index is 0.530. The van der Waals surface area contributed by atoms with E-state index in [2.05, 4.69) is 29.3 Å². The lowest BCUT2D eigenvalue weighted by molar-refractivity contribution is 0.185. The van der Waals surface area contributed by atoms with E-state index in [4.69, 9.17) is 9.26 Å².